The molecule has 15 N–H and O–H groups in total. The molecule has 0 radical (unpaired) electrons. The predicted octanol–water partition coefficient (Wildman–Crippen LogP) is -2.95. The molecule has 308 valence electrons. The summed E-state index contributed by atoms with van der Waals surface area (Å²) < 4.78 is 0. The molecule has 0 unspecified atom stereocenters. The molecule has 0 aliphatic carbocycles. The third kappa shape index (κ3) is 18.9. The minimum atomic E-state index is -1.22. The van der Waals surface area contributed by atoms with E-state index in [2.05, 4.69) is 52.1 Å². The lowest BCUT2D eigenvalue weighted by atomic mass is 9.99. The van der Waals surface area contributed by atoms with Crippen LogP contribution in [0.25, 0.3) is 0 Å². The standard InChI is InChI=1S/C34H60N14O7/c1-6-7-8-13-40-32(55)27(50)20(4)47-48-25(16-22-17-39-18-43-22)30(53)45-24(12-10-15-42-34(37)38)29(52)46-26(19(2)3)31(54)44-23(28(51)21(5)49)11-9-14-41-33(35)36/h17-20,23-26,47-48H,6-16H2,1-5H3,(H,39,43)(H,40,55)(H,44,54)(H,45,53)(H,46,52)(H4,35,36,41)(H4,37,38,42)/t20-,23-,24-,25-,26-/m0/s1. The predicted molar refractivity (Wildman–Crippen MR) is 205 cm³/mol. The second-order valence-electron chi connectivity index (χ2n) is 13.3. The van der Waals surface area contributed by atoms with Gasteiger partial charge in [0.1, 0.15) is 18.1 Å². The molecule has 4 amide bonds. The Morgan fingerprint density at radius 2 is 1.33 bits per heavy atom. The zero-order valence-corrected chi connectivity index (χ0v) is 32.4. The highest BCUT2D eigenvalue weighted by Gasteiger charge is 2.33. The fourth-order valence-electron chi connectivity index (χ4n) is 5.09. The van der Waals surface area contributed by atoms with E-state index in [0.29, 0.717) is 12.2 Å². The van der Waals surface area contributed by atoms with Crippen molar-refractivity contribution in [1.29, 1.82) is 0 Å². The van der Waals surface area contributed by atoms with Crippen LogP contribution in [0.4, 0.5) is 0 Å². The number of Topliss-reactive ketones (excluding diaryl/α,β-unsaturated/α-hetero) is 3. The van der Waals surface area contributed by atoms with E-state index < -0.39 is 77.1 Å². The number of nitrogens with one attached hydrogen (secondary N) is 7. The van der Waals surface area contributed by atoms with Gasteiger partial charge in [0.15, 0.2) is 17.7 Å². The first-order valence-corrected chi connectivity index (χ1v) is 18.3. The third-order valence-electron chi connectivity index (χ3n) is 8.20. The maximum atomic E-state index is 13.8. The number of guanidine groups is 2. The molecule has 1 heterocycles. The molecule has 0 aliphatic rings. The summed E-state index contributed by atoms with van der Waals surface area (Å²) in [6, 6.07) is -5.74. The van der Waals surface area contributed by atoms with Crippen LogP contribution < -0.4 is 55.1 Å². The number of imidazole rings is 1. The molecule has 1 aromatic rings. The molecule has 21 heteroatoms. The molecule has 0 fully saturated rings. The number of amides is 4. The number of aromatic amines is 1. The number of hydrogen-bond donors (Lipinski definition) is 11. The Morgan fingerprint density at radius 1 is 0.745 bits per heavy atom. The summed E-state index contributed by atoms with van der Waals surface area (Å²) in [5.41, 5.74) is 27.7. The van der Waals surface area contributed by atoms with E-state index in [1.165, 1.54) is 19.4 Å². The van der Waals surface area contributed by atoms with Crippen molar-refractivity contribution in [3.05, 3.63) is 18.2 Å². The molecule has 1 aromatic heterocycles. The van der Waals surface area contributed by atoms with Crippen molar-refractivity contribution in [3.63, 3.8) is 0 Å². The Balaban J connectivity index is 3.23. The molecular weight excluding hydrogens is 716 g/mol. The van der Waals surface area contributed by atoms with Crippen LogP contribution in [0.3, 0.4) is 0 Å². The van der Waals surface area contributed by atoms with Crippen LogP contribution in [0.1, 0.15) is 85.3 Å². The van der Waals surface area contributed by atoms with Gasteiger partial charge in [-0.1, -0.05) is 33.6 Å². The number of carbonyl (C=O) groups is 7. The van der Waals surface area contributed by atoms with Gasteiger partial charge in [0.25, 0.3) is 5.91 Å². The minimum Gasteiger partial charge on any atom is -0.370 e. The van der Waals surface area contributed by atoms with Gasteiger partial charge in [-0.15, -0.1) is 0 Å². The normalized spacial score (nSPS) is 13.6. The number of rotatable bonds is 28. The maximum absolute atomic E-state index is 13.8. The number of nitrogens with zero attached hydrogens (tertiary/aromatic N) is 3. The topological polar surface area (TPSA) is 349 Å². The minimum absolute atomic E-state index is 0.0249. The number of aliphatic imine (C=N–C) groups is 2. The molecular formula is C34H60N14O7. The summed E-state index contributed by atoms with van der Waals surface area (Å²) in [5, 5.41) is 10.5. The first-order chi connectivity index (χ1) is 26.0. The molecule has 0 bridgehead atoms. The van der Waals surface area contributed by atoms with Gasteiger partial charge in [0.2, 0.25) is 29.3 Å². The zero-order chi connectivity index (χ0) is 41.5. The van der Waals surface area contributed by atoms with Crippen LogP contribution in [-0.2, 0) is 40.0 Å². The quantitative estimate of drug-likeness (QED) is 0.0133. The van der Waals surface area contributed by atoms with Crippen molar-refractivity contribution < 1.29 is 33.6 Å². The van der Waals surface area contributed by atoms with Crippen molar-refractivity contribution in [3.8, 4) is 0 Å². The van der Waals surface area contributed by atoms with E-state index in [-0.39, 0.29) is 57.1 Å². The highest BCUT2D eigenvalue weighted by atomic mass is 16.2. The van der Waals surface area contributed by atoms with Crippen LogP contribution in [0, 0.1) is 5.92 Å². The van der Waals surface area contributed by atoms with Gasteiger partial charge in [-0.2, -0.15) is 0 Å². The van der Waals surface area contributed by atoms with E-state index in [0.717, 1.165) is 26.2 Å². The van der Waals surface area contributed by atoms with Crippen LogP contribution in [0.2, 0.25) is 0 Å². The van der Waals surface area contributed by atoms with Crippen LogP contribution >= 0.6 is 0 Å². The monoisotopic (exact) mass is 776 g/mol. The van der Waals surface area contributed by atoms with Crippen molar-refractivity contribution in [2.24, 2.45) is 38.8 Å². The van der Waals surface area contributed by atoms with Crippen molar-refractivity contribution in [1.82, 2.24) is 42.1 Å². The lowest BCUT2D eigenvalue weighted by Gasteiger charge is -2.28. The van der Waals surface area contributed by atoms with Gasteiger partial charge in [0, 0.05) is 44.9 Å². The number of hydrogen-bond acceptors (Lipinski definition) is 12. The Kier molecular flexibility index (Phi) is 22.1. The van der Waals surface area contributed by atoms with Crippen molar-refractivity contribution in [2.75, 3.05) is 19.6 Å². The largest absolute Gasteiger partial charge is 0.370 e. The number of nitrogens with two attached hydrogens (primary N) is 4. The highest BCUT2D eigenvalue weighted by molar-refractivity contribution is 6.38. The number of unbranched alkanes of at least 4 members (excludes halogenated alkanes) is 2. The number of H-pyrrole nitrogens is 1. The van der Waals surface area contributed by atoms with E-state index in [1.807, 2.05) is 6.92 Å². The molecule has 21 nitrogen and oxygen atoms in total. The summed E-state index contributed by atoms with van der Waals surface area (Å²) in [6.45, 7) is 8.54. The van der Waals surface area contributed by atoms with Gasteiger partial charge >= 0.3 is 0 Å². The summed E-state index contributed by atoms with van der Waals surface area (Å²) >= 11 is 0. The smallest absolute Gasteiger partial charge is 0.289 e. The lowest BCUT2D eigenvalue weighted by molar-refractivity contribution is -0.139. The highest BCUT2D eigenvalue weighted by Crippen LogP contribution is 2.09. The summed E-state index contributed by atoms with van der Waals surface area (Å²) in [4.78, 5) is 106. The van der Waals surface area contributed by atoms with Gasteiger partial charge in [-0.05, 0) is 44.9 Å². The van der Waals surface area contributed by atoms with Crippen LogP contribution in [-0.4, -0.2) is 113 Å². The second kappa shape index (κ2) is 25.6. The fourth-order valence-corrected chi connectivity index (χ4v) is 5.09. The van der Waals surface area contributed by atoms with E-state index in [1.54, 1.807) is 13.8 Å². The molecule has 0 saturated carbocycles. The van der Waals surface area contributed by atoms with Crippen molar-refractivity contribution in [2.45, 2.75) is 116 Å². The molecule has 0 aromatic carbocycles. The van der Waals surface area contributed by atoms with Gasteiger partial charge in [-0.25, -0.2) is 15.8 Å². The average molecular weight is 777 g/mol. The van der Waals surface area contributed by atoms with Gasteiger partial charge in [-0.3, -0.25) is 43.5 Å². The first kappa shape index (κ1) is 47.6. The number of ketones is 3. The Hall–Kier alpha value is -5.44. The van der Waals surface area contributed by atoms with Crippen molar-refractivity contribution >= 4 is 52.9 Å². The molecule has 0 saturated heterocycles. The Morgan fingerprint density at radius 3 is 1.85 bits per heavy atom. The van der Waals surface area contributed by atoms with Gasteiger partial charge in [0.05, 0.1) is 18.4 Å². The molecule has 5 atom stereocenters. The lowest BCUT2D eigenvalue weighted by Crippen LogP contribution is -2.60. The van der Waals surface area contributed by atoms with Crippen LogP contribution in [0.15, 0.2) is 22.5 Å². The SMILES string of the molecule is CCCCCNC(=O)C(=O)[C@H](C)NN[C@@H](Cc1cnc[nH]1)C(=O)N[C@@H](CCCN=C(N)N)C(=O)N[C@H](C(=O)N[C@@H](CCCN=C(N)N)C(=O)C(C)=O)C(C)C. The number of hydrazine groups is 1. The van der Waals surface area contributed by atoms with Gasteiger partial charge < -0.3 is 49.2 Å². The molecule has 55 heavy (non-hydrogen) atoms. The molecule has 1 rings (SSSR count). The Labute approximate surface area is 321 Å². The summed E-state index contributed by atoms with van der Waals surface area (Å²) in [6.07, 6.45) is 6.12. The van der Waals surface area contributed by atoms with E-state index in [4.69, 9.17) is 22.9 Å². The van der Waals surface area contributed by atoms with E-state index >= 15 is 0 Å². The number of aromatic nitrogens is 2. The van der Waals surface area contributed by atoms with Crippen LogP contribution in [0.5, 0.6) is 0 Å². The summed E-state index contributed by atoms with van der Waals surface area (Å²) in [7, 11) is 0. The fraction of sp³-hybridized carbons (Fsp3) is 0.647. The first-order valence-electron chi connectivity index (χ1n) is 18.3. The zero-order valence-electron chi connectivity index (χ0n) is 32.4. The molecule has 0 aliphatic heterocycles. The average Bonchev–Trinajstić information content (AvgIpc) is 3.65. The van der Waals surface area contributed by atoms with E-state index in [9.17, 15) is 33.6 Å². The second-order valence-corrected chi connectivity index (χ2v) is 13.3. The third-order valence-corrected chi connectivity index (χ3v) is 8.20. The summed E-state index contributed by atoms with van der Waals surface area (Å²) in [5.74, 6) is -6.06. The Bertz CT molecular complexity index is 1470. The number of carbonyl (C=O) groups excluding carboxylic acids is 7. The molecule has 0 spiro atoms. The maximum Gasteiger partial charge on any atom is 0.289 e.